The molecule has 0 saturated carbocycles. The molecule has 26 heavy (non-hydrogen) atoms. The second-order valence-corrected chi connectivity index (χ2v) is 6.95. The highest BCUT2D eigenvalue weighted by molar-refractivity contribution is 5.74. The number of urea groups is 1. The van der Waals surface area contributed by atoms with Crippen LogP contribution in [0.3, 0.4) is 0 Å². The number of rotatable bonds is 6. The summed E-state index contributed by atoms with van der Waals surface area (Å²) in [5.74, 6) is 0.870. The number of ether oxygens (including phenoxy) is 1. The minimum atomic E-state index is -0.0645. The molecule has 1 aliphatic carbocycles. The molecule has 0 fully saturated rings. The summed E-state index contributed by atoms with van der Waals surface area (Å²) in [6.45, 7) is 2.65. The van der Waals surface area contributed by atoms with Gasteiger partial charge in [-0.25, -0.2) is 4.79 Å². The van der Waals surface area contributed by atoms with Gasteiger partial charge < -0.3 is 15.0 Å². The number of nitrogens with one attached hydrogen (secondary N) is 2. The van der Waals surface area contributed by atoms with E-state index >= 15 is 0 Å². The van der Waals surface area contributed by atoms with E-state index in [0.717, 1.165) is 49.2 Å². The van der Waals surface area contributed by atoms with Crippen LogP contribution in [0.5, 0.6) is 5.75 Å². The first-order chi connectivity index (χ1) is 12.6. The molecule has 1 heterocycles. The second-order valence-electron chi connectivity index (χ2n) is 6.95. The normalized spacial score (nSPS) is 16.0. The number of methoxy groups -OCH3 is 1. The predicted molar refractivity (Wildman–Crippen MR) is 101 cm³/mol. The standard InChI is InChI=1S/C20H28N4O2/c1-4-6-15-12-16(23-22-15)13-24(2)20(25)21-19-8-5-7-14-11-17(26-3)9-10-18(14)19/h9-12,19H,4-8,13H2,1-3H3,(H,21,25)(H,22,23)/t19-/m1/s1. The van der Waals surface area contributed by atoms with E-state index in [4.69, 9.17) is 4.74 Å². The van der Waals surface area contributed by atoms with E-state index in [9.17, 15) is 4.79 Å². The number of fused-ring (bicyclic) bond motifs is 1. The van der Waals surface area contributed by atoms with Crippen LogP contribution in [-0.2, 0) is 19.4 Å². The van der Waals surface area contributed by atoms with E-state index in [-0.39, 0.29) is 12.1 Å². The zero-order valence-electron chi connectivity index (χ0n) is 15.8. The third kappa shape index (κ3) is 4.18. The first-order valence-electron chi connectivity index (χ1n) is 9.32. The van der Waals surface area contributed by atoms with Crippen LogP contribution in [0, 0.1) is 0 Å². The van der Waals surface area contributed by atoms with Crippen LogP contribution in [0.2, 0.25) is 0 Å². The molecule has 0 aliphatic heterocycles. The van der Waals surface area contributed by atoms with Gasteiger partial charge in [0.15, 0.2) is 0 Å². The Morgan fingerprint density at radius 3 is 3.04 bits per heavy atom. The zero-order chi connectivity index (χ0) is 18.5. The fraction of sp³-hybridized carbons (Fsp3) is 0.500. The maximum atomic E-state index is 12.6. The Hall–Kier alpha value is -2.50. The first-order valence-corrected chi connectivity index (χ1v) is 9.32. The lowest BCUT2D eigenvalue weighted by molar-refractivity contribution is 0.200. The number of hydrogen-bond acceptors (Lipinski definition) is 3. The van der Waals surface area contributed by atoms with E-state index < -0.39 is 0 Å². The van der Waals surface area contributed by atoms with Gasteiger partial charge in [-0.3, -0.25) is 5.10 Å². The highest BCUT2D eigenvalue weighted by Crippen LogP contribution is 2.32. The van der Waals surface area contributed by atoms with Crippen LogP contribution in [0.25, 0.3) is 0 Å². The Morgan fingerprint density at radius 1 is 1.42 bits per heavy atom. The molecule has 1 atom stereocenters. The van der Waals surface area contributed by atoms with Crippen molar-refractivity contribution in [2.75, 3.05) is 14.2 Å². The number of nitrogens with zero attached hydrogens (tertiary/aromatic N) is 2. The molecule has 6 nitrogen and oxygen atoms in total. The zero-order valence-corrected chi connectivity index (χ0v) is 15.8. The van der Waals surface area contributed by atoms with Crippen molar-refractivity contribution in [1.82, 2.24) is 20.4 Å². The van der Waals surface area contributed by atoms with Crippen molar-refractivity contribution in [3.63, 3.8) is 0 Å². The summed E-state index contributed by atoms with van der Waals surface area (Å²) in [6.07, 6.45) is 5.07. The van der Waals surface area contributed by atoms with Crippen LogP contribution in [0.15, 0.2) is 24.3 Å². The van der Waals surface area contributed by atoms with Crippen molar-refractivity contribution in [3.8, 4) is 5.75 Å². The van der Waals surface area contributed by atoms with Crippen molar-refractivity contribution in [2.45, 2.75) is 51.6 Å². The Morgan fingerprint density at radius 2 is 2.27 bits per heavy atom. The van der Waals surface area contributed by atoms with E-state index in [1.807, 2.05) is 19.2 Å². The van der Waals surface area contributed by atoms with Gasteiger partial charge in [-0.15, -0.1) is 0 Å². The molecule has 0 unspecified atom stereocenters. The van der Waals surface area contributed by atoms with Gasteiger partial charge in [0.1, 0.15) is 5.75 Å². The van der Waals surface area contributed by atoms with Crippen LogP contribution < -0.4 is 10.1 Å². The largest absolute Gasteiger partial charge is 0.497 e. The molecule has 6 heteroatoms. The smallest absolute Gasteiger partial charge is 0.317 e. The Balaban J connectivity index is 1.62. The quantitative estimate of drug-likeness (QED) is 0.831. The predicted octanol–water partition coefficient (Wildman–Crippen LogP) is 3.59. The lowest BCUT2D eigenvalue weighted by Gasteiger charge is -2.28. The van der Waals surface area contributed by atoms with Crippen LogP contribution in [0.4, 0.5) is 4.79 Å². The monoisotopic (exact) mass is 356 g/mol. The maximum Gasteiger partial charge on any atom is 0.317 e. The molecule has 2 aromatic rings. The van der Waals surface area contributed by atoms with Gasteiger partial charge in [0.2, 0.25) is 0 Å². The maximum absolute atomic E-state index is 12.6. The lowest BCUT2D eigenvalue weighted by Crippen LogP contribution is -2.40. The average Bonchev–Trinajstić information content (AvgIpc) is 3.08. The Bertz CT molecular complexity index is 756. The molecule has 0 bridgehead atoms. The summed E-state index contributed by atoms with van der Waals surface area (Å²) < 4.78 is 5.32. The molecule has 1 aromatic heterocycles. The third-order valence-electron chi connectivity index (χ3n) is 4.91. The summed E-state index contributed by atoms with van der Waals surface area (Å²) in [7, 11) is 3.49. The number of H-pyrrole nitrogens is 1. The van der Waals surface area contributed by atoms with E-state index in [0.29, 0.717) is 6.54 Å². The summed E-state index contributed by atoms with van der Waals surface area (Å²) in [4.78, 5) is 14.3. The van der Waals surface area contributed by atoms with Gasteiger partial charge in [0, 0.05) is 7.05 Å². The molecule has 3 rings (SSSR count). The summed E-state index contributed by atoms with van der Waals surface area (Å²) in [5, 5.41) is 10.5. The number of amides is 2. The number of carbonyl (C=O) groups excluding carboxylic acids is 1. The number of hydrogen-bond donors (Lipinski definition) is 2. The average molecular weight is 356 g/mol. The van der Waals surface area contributed by atoms with Crippen LogP contribution in [0.1, 0.15) is 54.7 Å². The number of aromatic amines is 1. The summed E-state index contributed by atoms with van der Waals surface area (Å²) in [6, 6.07) is 8.14. The van der Waals surface area contributed by atoms with Gasteiger partial charge in [-0.05, 0) is 55.0 Å². The Labute approximate surface area is 154 Å². The van der Waals surface area contributed by atoms with E-state index in [2.05, 4.69) is 34.6 Å². The van der Waals surface area contributed by atoms with Crippen molar-refractivity contribution in [2.24, 2.45) is 0 Å². The van der Waals surface area contributed by atoms with E-state index in [1.54, 1.807) is 12.0 Å². The van der Waals surface area contributed by atoms with Crippen LogP contribution in [-0.4, -0.2) is 35.3 Å². The van der Waals surface area contributed by atoms with E-state index in [1.165, 1.54) is 11.1 Å². The molecule has 2 N–H and O–H groups in total. The SMILES string of the molecule is CCCc1cc(CN(C)C(=O)N[C@@H]2CCCc3cc(OC)ccc32)[nH]n1. The fourth-order valence-electron chi connectivity index (χ4n) is 3.53. The fourth-order valence-corrected chi connectivity index (χ4v) is 3.53. The van der Waals surface area contributed by atoms with Crippen LogP contribution >= 0.6 is 0 Å². The second kappa shape index (κ2) is 8.25. The minimum Gasteiger partial charge on any atom is -0.497 e. The summed E-state index contributed by atoms with van der Waals surface area (Å²) in [5.41, 5.74) is 4.47. The molecule has 140 valence electrons. The lowest BCUT2D eigenvalue weighted by atomic mass is 9.87. The van der Waals surface area contributed by atoms with Gasteiger partial charge >= 0.3 is 6.03 Å². The molecule has 1 aromatic carbocycles. The molecular weight excluding hydrogens is 328 g/mol. The van der Waals surface area contributed by atoms with Crippen molar-refractivity contribution < 1.29 is 9.53 Å². The molecule has 0 radical (unpaired) electrons. The third-order valence-corrected chi connectivity index (χ3v) is 4.91. The number of benzene rings is 1. The molecule has 1 aliphatic rings. The first kappa shape index (κ1) is 18.3. The molecule has 2 amide bonds. The highest BCUT2D eigenvalue weighted by Gasteiger charge is 2.23. The summed E-state index contributed by atoms with van der Waals surface area (Å²) >= 11 is 0. The van der Waals surface area contributed by atoms with Gasteiger partial charge in [-0.2, -0.15) is 5.10 Å². The van der Waals surface area contributed by atoms with Gasteiger partial charge in [-0.1, -0.05) is 19.4 Å². The van der Waals surface area contributed by atoms with Gasteiger partial charge in [0.25, 0.3) is 0 Å². The number of carbonyl (C=O) groups is 1. The molecule has 0 saturated heterocycles. The highest BCUT2D eigenvalue weighted by atomic mass is 16.5. The number of aromatic nitrogens is 2. The minimum absolute atomic E-state index is 0.0528. The van der Waals surface area contributed by atoms with Crippen molar-refractivity contribution in [3.05, 3.63) is 46.8 Å². The number of aryl methyl sites for hydroxylation is 2. The topological polar surface area (TPSA) is 70.2 Å². The van der Waals surface area contributed by atoms with Crippen molar-refractivity contribution >= 4 is 6.03 Å². The molecular formula is C20H28N4O2. The molecule has 0 spiro atoms. The van der Waals surface area contributed by atoms with Gasteiger partial charge in [0.05, 0.1) is 31.1 Å². The Kier molecular flexibility index (Phi) is 5.81. The van der Waals surface area contributed by atoms with Crippen molar-refractivity contribution in [1.29, 1.82) is 0 Å².